The van der Waals surface area contributed by atoms with Gasteiger partial charge in [-0.05, 0) is 36.5 Å². The van der Waals surface area contributed by atoms with Crippen molar-refractivity contribution in [3.8, 4) is 0 Å². The van der Waals surface area contributed by atoms with Crippen LogP contribution in [-0.2, 0) is 24.1 Å². The minimum Gasteiger partial charge on any atom is -0.342 e. The lowest BCUT2D eigenvalue weighted by Crippen LogP contribution is -2.52. The molecule has 0 N–H and O–H groups in total. The normalized spacial score (nSPS) is 20.2. The second-order valence-electron chi connectivity index (χ2n) is 8.90. The molecule has 0 spiro atoms. The number of carbonyl (C=O) groups excluding carboxylic acids is 1. The van der Waals surface area contributed by atoms with Gasteiger partial charge in [-0.2, -0.15) is 0 Å². The van der Waals surface area contributed by atoms with Gasteiger partial charge in [0.15, 0.2) is 0 Å². The van der Waals surface area contributed by atoms with Crippen LogP contribution in [-0.4, -0.2) is 71.0 Å². The molecule has 31 heavy (non-hydrogen) atoms. The van der Waals surface area contributed by atoms with Crippen molar-refractivity contribution in [1.29, 1.82) is 0 Å². The van der Waals surface area contributed by atoms with Crippen LogP contribution >= 0.6 is 11.6 Å². The minimum atomic E-state index is 0.126. The number of halogens is 1. The van der Waals surface area contributed by atoms with Gasteiger partial charge in [-0.15, -0.1) is 0 Å². The third kappa shape index (κ3) is 4.55. The highest BCUT2D eigenvalue weighted by atomic mass is 35.5. The highest BCUT2D eigenvalue weighted by molar-refractivity contribution is 6.31. The van der Waals surface area contributed by atoms with E-state index in [1.165, 1.54) is 24.8 Å². The number of carbonyl (C=O) groups is 1. The van der Waals surface area contributed by atoms with Crippen molar-refractivity contribution < 1.29 is 4.79 Å². The Hall–Kier alpha value is -2.18. The summed E-state index contributed by atoms with van der Waals surface area (Å²) in [5, 5.41) is 0.655. The topological polar surface area (TPSA) is 52.6 Å². The zero-order chi connectivity index (χ0) is 21.2. The average Bonchev–Trinajstić information content (AvgIpc) is 2.97. The molecular formula is C24H30ClN5O. The van der Waals surface area contributed by atoms with Gasteiger partial charge in [-0.1, -0.05) is 36.2 Å². The first-order valence-electron chi connectivity index (χ1n) is 11.5. The first-order chi connectivity index (χ1) is 15.2. The summed E-state index contributed by atoms with van der Waals surface area (Å²) in [5.41, 5.74) is 3.16. The number of aromatic nitrogens is 2. The molecule has 1 amide bonds. The number of rotatable bonds is 4. The van der Waals surface area contributed by atoms with E-state index in [1.807, 2.05) is 35.4 Å². The number of benzene rings is 1. The predicted octanol–water partition coefficient (Wildman–Crippen LogP) is 2.97. The van der Waals surface area contributed by atoms with E-state index in [2.05, 4.69) is 14.8 Å². The lowest BCUT2D eigenvalue weighted by atomic mass is 9.91. The van der Waals surface area contributed by atoms with Crippen molar-refractivity contribution in [3.05, 3.63) is 52.3 Å². The first-order valence-corrected chi connectivity index (χ1v) is 11.9. The van der Waals surface area contributed by atoms with E-state index < -0.39 is 0 Å². The fraction of sp³-hybridized carbons (Fsp3) is 0.542. The van der Waals surface area contributed by atoms with Crippen LogP contribution in [0.15, 0.2) is 30.5 Å². The van der Waals surface area contributed by atoms with Gasteiger partial charge < -0.3 is 9.80 Å². The summed E-state index contributed by atoms with van der Waals surface area (Å²) in [6.07, 6.45) is 8.02. The molecule has 6 nitrogen and oxygen atoms in total. The van der Waals surface area contributed by atoms with Gasteiger partial charge in [0.25, 0.3) is 0 Å². The number of anilines is 1. The van der Waals surface area contributed by atoms with E-state index in [-0.39, 0.29) is 5.91 Å². The Morgan fingerprint density at radius 3 is 2.55 bits per heavy atom. The van der Waals surface area contributed by atoms with Crippen molar-refractivity contribution in [2.24, 2.45) is 0 Å². The molecule has 7 heteroatoms. The van der Waals surface area contributed by atoms with Gasteiger partial charge in [0.05, 0.1) is 12.1 Å². The van der Waals surface area contributed by atoms with Gasteiger partial charge in [0.1, 0.15) is 0 Å². The molecular weight excluding hydrogens is 410 g/mol. The molecule has 1 aromatic carbocycles. The summed E-state index contributed by atoms with van der Waals surface area (Å²) in [6, 6.07) is 8.39. The Morgan fingerprint density at radius 2 is 1.81 bits per heavy atom. The van der Waals surface area contributed by atoms with Crippen LogP contribution in [0.3, 0.4) is 0 Å². The quantitative estimate of drug-likeness (QED) is 0.733. The zero-order valence-corrected chi connectivity index (χ0v) is 18.7. The Kier molecular flexibility index (Phi) is 6.10. The summed E-state index contributed by atoms with van der Waals surface area (Å²) < 4.78 is 0. The number of hydrogen-bond donors (Lipinski definition) is 0. The van der Waals surface area contributed by atoms with E-state index in [0.29, 0.717) is 24.5 Å². The maximum absolute atomic E-state index is 12.9. The highest BCUT2D eigenvalue weighted by Gasteiger charge is 2.29. The van der Waals surface area contributed by atoms with Crippen molar-refractivity contribution in [1.82, 2.24) is 19.8 Å². The van der Waals surface area contributed by atoms with Crippen LogP contribution in [0.5, 0.6) is 0 Å². The van der Waals surface area contributed by atoms with Crippen LogP contribution in [0.25, 0.3) is 0 Å². The molecule has 1 saturated heterocycles. The smallest absolute Gasteiger partial charge is 0.227 e. The van der Waals surface area contributed by atoms with Crippen molar-refractivity contribution in [3.63, 3.8) is 0 Å². The standard InChI is InChI=1S/C24H30ClN5O/c25-21-7-2-1-4-18(21)16-23(31)29-10-8-19-17-26-24(27-22(19)9-11-29)30-14-12-28(13-15-30)20-5-3-6-20/h1-2,4,7,17,20H,3,5-6,8-16H2. The lowest BCUT2D eigenvalue weighted by Gasteiger charge is -2.43. The molecule has 164 valence electrons. The summed E-state index contributed by atoms with van der Waals surface area (Å²) in [6.45, 7) is 5.61. The van der Waals surface area contributed by atoms with Crippen molar-refractivity contribution in [2.75, 3.05) is 44.2 Å². The third-order valence-corrected chi connectivity index (χ3v) is 7.42. The van der Waals surface area contributed by atoms with E-state index in [0.717, 1.165) is 62.3 Å². The summed E-state index contributed by atoms with van der Waals surface area (Å²) >= 11 is 6.24. The van der Waals surface area contributed by atoms with Crippen LogP contribution in [0.2, 0.25) is 5.02 Å². The summed E-state index contributed by atoms with van der Waals surface area (Å²) in [7, 11) is 0. The molecule has 1 saturated carbocycles. The molecule has 1 aliphatic carbocycles. The number of nitrogens with zero attached hydrogens (tertiary/aromatic N) is 5. The van der Waals surface area contributed by atoms with Gasteiger partial charge in [-0.25, -0.2) is 9.97 Å². The van der Waals surface area contributed by atoms with Gasteiger partial charge in [-0.3, -0.25) is 9.69 Å². The lowest BCUT2D eigenvalue weighted by molar-refractivity contribution is -0.130. The van der Waals surface area contributed by atoms with Crippen LogP contribution in [0.4, 0.5) is 5.95 Å². The maximum Gasteiger partial charge on any atom is 0.227 e. The zero-order valence-electron chi connectivity index (χ0n) is 18.0. The second kappa shape index (κ2) is 9.13. The second-order valence-corrected chi connectivity index (χ2v) is 9.31. The Balaban J connectivity index is 1.20. The molecule has 3 heterocycles. The van der Waals surface area contributed by atoms with E-state index >= 15 is 0 Å². The highest BCUT2D eigenvalue weighted by Crippen LogP contribution is 2.26. The Labute approximate surface area is 189 Å². The average molecular weight is 440 g/mol. The maximum atomic E-state index is 12.9. The molecule has 3 aliphatic rings. The molecule has 2 fully saturated rings. The number of fused-ring (bicyclic) bond motifs is 1. The van der Waals surface area contributed by atoms with Crippen LogP contribution < -0.4 is 4.90 Å². The molecule has 2 aromatic rings. The molecule has 0 unspecified atom stereocenters. The largest absolute Gasteiger partial charge is 0.342 e. The number of hydrogen-bond acceptors (Lipinski definition) is 5. The van der Waals surface area contributed by atoms with Crippen LogP contribution in [0.1, 0.15) is 36.1 Å². The molecule has 0 radical (unpaired) electrons. The first kappa shape index (κ1) is 20.7. The third-order valence-electron chi connectivity index (χ3n) is 7.05. The molecule has 1 aromatic heterocycles. The Bertz CT molecular complexity index is 939. The monoisotopic (exact) mass is 439 g/mol. The fourth-order valence-electron chi connectivity index (χ4n) is 4.82. The molecule has 0 bridgehead atoms. The van der Waals surface area contributed by atoms with Crippen LogP contribution in [0, 0.1) is 0 Å². The Morgan fingerprint density at radius 1 is 1.03 bits per heavy atom. The minimum absolute atomic E-state index is 0.126. The van der Waals surface area contributed by atoms with Gasteiger partial charge in [0, 0.05) is 63.0 Å². The van der Waals surface area contributed by atoms with E-state index in [4.69, 9.17) is 16.6 Å². The SMILES string of the molecule is O=C(Cc1ccccc1Cl)N1CCc2cnc(N3CCN(C4CCC4)CC3)nc2CC1. The predicted molar refractivity (Wildman–Crippen MR) is 123 cm³/mol. The number of piperazine rings is 1. The van der Waals surface area contributed by atoms with Crippen molar-refractivity contribution >= 4 is 23.5 Å². The molecule has 5 rings (SSSR count). The molecule has 0 atom stereocenters. The summed E-state index contributed by atoms with van der Waals surface area (Å²) in [4.78, 5) is 29.4. The summed E-state index contributed by atoms with van der Waals surface area (Å²) in [5.74, 6) is 0.976. The van der Waals surface area contributed by atoms with Gasteiger partial charge >= 0.3 is 0 Å². The number of amides is 1. The van der Waals surface area contributed by atoms with Crippen molar-refractivity contribution in [2.45, 2.75) is 44.6 Å². The van der Waals surface area contributed by atoms with E-state index in [1.54, 1.807) is 0 Å². The fourth-order valence-corrected chi connectivity index (χ4v) is 5.02. The van der Waals surface area contributed by atoms with Gasteiger partial charge in [0.2, 0.25) is 11.9 Å². The van der Waals surface area contributed by atoms with E-state index in [9.17, 15) is 4.79 Å². The molecule has 2 aliphatic heterocycles.